The SMILES string of the molecule is CC[C@H](C)OCc1nn(CCC(F)(F)F)cc1I. The monoisotopic (exact) mass is 376 g/mol. The number of ether oxygens (including phenoxy) is 1. The van der Waals surface area contributed by atoms with Crippen LogP contribution in [0.15, 0.2) is 6.20 Å². The zero-order valence-corrected chi connectivity index (χ0v) is 12.5. The summed E-state index contributed by atoms with van der Waals surface area (Å²) in [6.07, 6.45) is -2.38. The van der Waals surface area contributed by atoms with Crippen molar-refractivity contribution in [3.05, 3.63) is 15.5 Å². The van der Waals surface area contributed by atoms with Crippen LogP contribution in [0, 0.1) is 3.57 Å². The number of aryl methyl sites for hydroxylation is 1. The van der Waals surface area contributed by atoms with E-state index in [4.69, 9.17) is 4.74 Å². The number of alkyl halides is 3. The molecule has 1 aromatic rings. The first-order valence-electron chi connectivity index (χ1n) is 5.72. The highest BCUT2D eigenvalue weighted by atomic mass is 127. The standard InChI is InChI=1S/C11H16F3IN2O/c1-3-8(2)18-7-10-9(15)6-17(16-10)5-4-11(12,13)14/h6,8H,3-5,7H2,1-2H3/t8-/m0/s1. The number of hydrogen-bond acceptors (Lipinski definition) is 2. The van der Waals surface area contributed by atoms with Crippen molar-refractivity contribution < 1.29 is 17.9 Å². The van der Waals surface area contributed by atoms with Crippen LogP contribution < -0.4 is 0 Å². The molecule has 1 atom stereocenters. The van der Waals surface area contributed by atoms with Gasteiger partial charge in [0.05, 0.1) is 22.7 Å². The summed E-state index contributed by atoms with van der Waals surface area (Å²) >= 11 is 2.06. The van der Waals surface area contributed by atoms with E-state index >= 15 is 0 Å². The summed E-state index contributed by atoms with van der Waals surface area (Å²) in [5.41, 5.74) is 0.693. The molecule has 7 heteroatoms. The second-order valence-electron chi connectivity index (χ2n) is 4.08. The van der Waals surface area contributed by atoms with Crippen molar-refractivity contribution in [2.75, 3.05) is 0 Å². The third kappa shape index (κ3) is 5.55. The van der Waals surface area contributed by atoms with Gasteiger partial charge in [-0.2, -0.15) is 18.3 Å². The minimum Gasteiger partial charge on any atom is -0.372 e. The van der Waals surface area contributed by atoms with Crippen LogP contribution in [0.5, 0.6) is 0 Å². The average Bonchev–Trinajstić information content (AvgIpc) is 2.63. The summed E-state index contributed by atoms with van der Waals surface area (Å²) in [7, 11) is 0. The van der Waals surface area contributed by atoms with Crippen LogP contribution in [0.25, 0.3) is 0 Å². The predicted octanol–water partition coefficient (Wildman–Crippen LogP) is 3.76. The zero-order chi connectivity index (χ0) is 13.8. The van der Waals surface area contributed by atoms with Crippen LogP contribution in [0.1, 0.15) is 32.4 Å². The highest BCUT2D eigenvalue weighted by Crippen LogP contribution is 2.21. The lowest BCUT2D eigenvalue weighted by Crippen LogP contribution is -2.13. The van der Waals surface area contributed by atoms with Crippen molar-refractivity contribution in [2.24, 2.45) is 0 Å². The van der Waals surface area contributed by atoms with Gasteiger partial charge in [-0.3, -0.25) is 4.68 Å². The maximum absolute atomic E-state index is 12.1. The summed E-state index contributed by atoms with van der Waals surface area (Å²) in [6.45, 7) is 4.15. The molecule has 0 aliphatic heterocycles. The molecule has 3 nitrogen and oxygen atoms in total. The molecule has 104 valence electrons. The van der Waals surface area contributed by atoms with E-state index in [1.165, 1.54) is 4.68 Å². The molecule has 0 amide bonds. The zero-order valence-electron chi connectivity index (χ0n) is 10.3. The largest absolute Gasteiger partial charge is 0.390 e. The highest BCUT2D eigenvalue weighted by molar-refractivity contribution is 14.1. The fraction of sp³-hybridized carbons (Fsp3) is 0.727. The first-order chi connectivity index (χ1) is 8.31. The summed E-state index contributed by atoms with van der Waals surface area (Å²) < 4.78 is 43.9. The van der Waals surface area contributed by atoms with Crippen molar-refractivity contribution in [1.82, 2.24) is 9.78 Å². The predicted molar refractivity (Wildman–Crippen MR) is 70.2 cm³/mol. The van der Waals surface area contributed by atoms with E-state index in [-0.39, 0.29) is 12.6 Å². The molecule has 1 heterocycles. The lowest BCUT2D eigenvalue weighted by Gasteiger charge is -2.09. The van der Waals surface area contributed by atoms with Crippen molar-refractivity contribution in [2.45, 2.75) is 52.1 Å². The molecule has 0 saturated carbocycles. The van der Waals surface area contributed by atoms with Crippen LogP contribution in [0.4, 0.5) is 13.2 Å². The fourth-order valence-corrected chi connectivity index (χ4v) is 1.81. The molecule has 0 radical (unpaired) electrons. The second-order valence-corrected chi connectivity index (χ2v) is 5.24. The Kier molecular flexibility index (Phi) is 5.90. The van der Waals surface area contributed by atoms with Gasteiger partial charge in [0.25, 0.3) is 0 Å². The fourth-order valence-electron chi connectivity index (χ4n) is 1.23. The third-order valence-corrected chi connectivity index (χ3v) is 3.39. The molecule has 1 aromatic heterocycles. The molecule has 0 saturated heterocycles. The lowest BCUT2D eigenvalue weighted by atomic mass is 10.3. The number of hydrogen-bond donors (Lipinski definition) is 0. The van der Waals surface area contributed by atoms with E-state index in [1.54, 1.807) is 6.20 Å². The van der Waals surface area contributed by atoms with E-state index in [0.717, 1.165) is 9.99 Å². The Morgan fingerprint density at radius 3 is 2.72 bits per heavy atom. The maximum Gasteiger partial charge on any atom is 0.390 e. The third-order valence-electron chi connectivity index (χ3n) is 2.49. The van der Waals surface area contributed by atoms with Gasteiger partial charge in [-0.15, -0.1) is 0 Å². The van der Waals surface area contributed by atoms with Gasteiger partial charge in [0.2, 0.25) is 0 Å². The summed E-state index contributed by atoms with van der Waals surface area (Å²) in [5.74, 6) is 0. The van der Waals surface area contributed by atoms with E-state index in [0.29, 0.717) is 12.3 Å². The van der Waals surface area contributed by atoms with E-state index in [2.05, 4.69) is 27.7 Å². The lowest BCUT2D eigenvalue weighted by molar-refractivity contribution is -0.137. The number of aromatic nitrogens is 2. The Morgan fingerprint density at radius 1 is 1.50 bits per heavy atom. The number of rotatable bonds is 6. The van der Waals surface area contributed by atoms with Crippen LogP contribution in [0.3, 0.4) is 0 Å². The average molecular weight is 376 g/mol. The molecule has 0 aliphatic rings. The molecule has 0 fully saturated rings. The molecule has 0 unspecified atom stereocenters. The molecule has 0 aromatic carbocycles. The molecular formula is C11H16F3IN2O. The van der Waals surface area contributed by atoms with Crippen LogP contribution in [-0.2, 0) is 17.9 Å². The summed E-state index contributed by atoms with van der Waals surface area (Å²) in [5, 5.41) is 4.10. The first-order valence-corrected chi connectivity index (χ1v) is 6.80. The molecule has 0 bridgehead atoms. The Morgan fingerprint density at radius 2 is 2.17 bits per heavy atom. The molecule has 18 heavy (non-hydrogen) atoms. The summed E-state index contributed by atoms with van der Waals surface area (Å²) in [4.78, 5) is 0. The first kappa shape index (κ1) is 15.7. The van der Waals surface area contributed by atoms with Gasteiger partial charge in [0, 0.05) is 12.7 Å². The van der Waals surface area contributed by atoms with Gasteiger partial charge in [0.15, 0.2) is 0 Å². The molecule has 0 aliphatic carbocycles. The van der Waals surface area contributed by atoms with Gasteiger partial charge in [-0.25, -0.2) is 0 Å². The maximum atomic E-state index is 12.1. The molecular weight excluding hydrogens is 360 g/mol. The Labute approximate surface area is 118 Å². The van der Waals surface area contributed by atoms with Crippen molar-refractivity contribution in [1.29, 1.82) is 0 Å². The van der Waals surface area contributed by atoms with Crippen LogP contribution in [0.2, 0.25) is 0 Å². The van der Waals surface area contributed by atoms with E-state index in [9.17, 15) is 13.2 Å². The van der Waals surface area contributed by atoms with E-state index < -0.39 is 12.6 Å². The van der Waals surface area contributed by atoms with Gasteiger partial charge in [-0.05, 0) is 35.9 Å². The quantitative estimate of drug-likeness (QED) is 0.708. The van der Waals surface area contributed by atoms with Gasteiger partial charge in [0.1, 0.15) is 5.69 Å². The van der Waals surface area contributed by atoms with Crippen molar-refractivity contribution in [3.63, 3.8) is 0 Å². The second kappa shape index (κ2) is 6.74. The normalized spacial score (nSPS) is 13.9. The Bertz CT molecular complexity index is 379. The van der Waals surface area contributed by atoms with Crippen LogP contribution >= 0.6 is 22.6 Å². The topological polar surface area (TPSA) is 27.1 Å². The molecule has 0 spiro atoms. The van der Waals surface area contributed by atoms with Gasteiger partial charge >= 0.3 is 6.18 Å². The highest BCUT2D eigenvalue weighted by Gasteiger charge is 2.27. The van der Waals surface area contributed by atoms with E-state index in [1.807, 2.05) is 13.8 Å². The van der Waals surface area contributed by atoms with Crippen molar-refractivity contribution >= 4 is 22.6 Å². The van der Waals surface area contributed by atoms with Crippen molar-refractivity contribution in [3.8, 4) is 0 Å². The smallest absolute Gasteiger partial charge is 0.372 e. The Balaban J connectivity index is 2.53. The Hall–Kier alpha value is -0.310. The number of nitrogens with zero attached hydrogens (tertiary/aromatic N) is 2. The van der Waals surface area contributed by atoms with Gasteiger partial charge < -0.3 is 4.74 Å². The number of halogens is 4. The summed E-state index contributed by atoms with van der Waals surface area (Å²) in [6, 6.07) is 0. The molecule has 0 N–H and O–H groups in total. The van der Waals surface area contributed by atoms with Crippen LogP contribution in [-0.4, -0.2) is 22.1 Å². The molecule has 1 rings (SSSR count). The minimum atomic E-state index is -4.15. The minimum absolute atomic E-state index is 0.126. The van der Waals surface area contributed by atoms with Gasteiger partial charge in [-0.1, -0.05) is 6.92 Å².